The summed E-state index contributed by atoms with van der Waals surface area (Å²) < 4.78 is 0. The Labute approximate surface area is 117 Å². The lowest BCUT2D eigenvalue weighted by Crippen LogP contribution is -2.11. The van der Waals surface area contributed by atoms with E-state index >= 15 is 0 Å². The van der Waals surface area contributed by atoms with Gasteiger partial charge in [-0.1, -0.05) is 6.92 Å². The predicted molar refractivity (Wildman–Crippen MR) is 81.9 cm³/mol. The van der Waals surface area contributed by atoms with Crippen molar-refractivity contribution in [3.05, 3.63) is 6.33 Å². The van der Waals surface area contributed by atoms with Gasteiger partial charge in [-0.05, 0) is 19.6 Å². The zero-order chi connectivity index (χ0) is 13.7. The third kappa shape index (κ3) is 3.50. The van der Waals surface area contributed by atoms with Crippen LogP contribution in [0.2, 0.25) is 0 Å². The molecule has 0 aliphatic rings. The van der Waals surface area contributed by atoms with Crippen LogP contribution in [0.5, 0.6) is 0 Å². The summed E-state index contributed by atoms with van der Waals surface area (Å²) in [5.41, 5.74) is 1.55. The van der Waals surface area contributed by atoms with E-state index in [1.165, 1.54) is 0 Å². The molecule has 3 N–H and O–H groups in total. The van der Waals surface area contributed by atoms with Crippen molar-refractivity contribution in [3.8, 4) is 0 Å². The molecule has 19 heavy (non-hydrogen) atoms. The monoisotopic (exact) mass is 280 g/mol. The van der Waals surface area contributed by atoms with Crippen molar-refractivity contribution in [3.63, 3.8) is 0 Å². The molecule has 1 atom stereocenters. The third-order valence-corrected chi connectivity index (χ3v) is 3.91. The number of nitrogens with one attached hydrogen (secondary N) is 3. The van der Waals surface area contributed by atoms with Crippen LogP contribution in [0.25, 0.3) is 11.2 Å². The zero-order valence-electron chi connectivity index (χ0n) is 11.5. The first-order chi connectivity index (χ1) is 9.24. The van der Waals surface area contributed by atoms with Gasteiger partial charge >= 0.3 is 0 Å². The van der Waals surface area contributed by atoms with Gasteiger partial charge in [0.25, 0.3) is 0 Å². The Bertz CT molecular complexity index is 526. The standard InChI is InChI=1S/C12H20N6S/c1-4-13-12-17-10(14-6-5-8(2)19-3)9-11(18-12)16-7-15-9/h7-8H,4-6H2,1-3H3,(H3,13,14,15,16,17,18). The van der Waals surface area contributed by atoms with Gasteiger partial charge < -0.3 is 15.6 Å². The maximum Gasteiger partial charge on any atom is 0.226 e. The average Bonchev–Trinajstić information content (AvgIpc) is 2.87. The van der Waals surface area contributed by atoms with Crippen LogP contribution >= 0.6 is 11.8 Å². The summed E-state index contributed by atoms with van der Waals surface area (Å²) in [5.74, 6) is 1.43. The predicted octanol–water partition coefficient (Wildman–Crippen LogP) is 2.34. The van der Waals surface area contributed by atoms with E-state index in [1.807, 2.05) is 18.7 Å². The zero-order valence-corrected chi connectivity index (χ0v) is 12.3. The molecule has 6 nitrogen and oxygen atoms in total. The van der Waals surface area contributed by atoms with Crippen LogP contribution in [-0.2, 0) is 0 Å². The maximum atomic E-state index is 4.47. The second-order valence-electron chi connectivity index (χ2n) is 4.29. The molecule has 0 amide bonds. The molecular formula is C12H20N6S. The van der Waals surface area contributed by atoms with E-state index in [0.717, 1.165) is 30.8 Å². The van der Waals surface area contributed by atoms with Crippen molar-refractivity contribution in [1.82, 2.24) is 19.9 Å². The number of H-pyrrole nitrogens is 1. The number of aromatic amines is 1. The number of thioether (sulfide) groups is 1. The fraction of sp³-hybridized carbons (Fsp3) is 0.583. The number of hydrogen-bond acceptors (Lipinski definition) is 6. The van der Waals surface area contributed by atoms with Crippen molar-refractivity contribution in [1.29, 1.82) is 0 Å². The molecule has 2 heterocycles. The highest BCUT2D eigenvalue weighted by atomic mass is 32.2. The van der Waals surface area contributed by atoms with E-state index < -0.39 is 0 Å². The van der Waals surface area contributed by atoms with E-state index in [0.29, 0.717) is 16.8 Å². The Morgan fingerprint density at radius 2 is 2.21 bits per heavy atom. The summed E-state index contributed by atoms with van der Waals surface area (Å²) in [5, 5.41) is 7.12. The highest BCUT2D eigenvalue weighted by molar-refractivity contribution is 7.99. The summed E-state index contributed by atoms with van der Waals surface area (Å²) in [7, 11) is 0. The molecule has 0 aliphatic heterocycles. The van der Waals surface area contributed by atoms with E-state index in [9.17, 15) is 0 Å². The van der Waals surface area contributed by atoms with Crippen LogP contribution in [0.3, 0.4) is 0 Å². The van der Waals surface area contributed by atoms with E-state index in [1.54, 1.807) is 6.33 Å². The number of rotatable bonds is 7. The minimum atomic E-state index is 0.613. The van der Waals surface area contributed by atoms with Crippen LogP contribution in [0, 0.1) is 0 Å². The van der Waals surface area contributed by atoms with Crippen LogP contribution in [0.4, 0.5) is 11.8 Å². The Kier molecular flexibility index (Phi) is 4.84. The lowest BCUT2D eigenvalue weighted by Gasteiger charge is -2.11. The van der Waals surface area contributed by atoms with E-state index in [2.05, 4.69) is 43.7 Å². The average molecular weight is 280 g/mol. The Morgan fingerprint density at radius 3 is 2.95 bits per heavy atom. The highest BCUT2D eigenvalue weighted by Crippen LogP contribution is 2.19. The molecule has 1 unspecified atom stereocenters. The third-order valence-electron chi connectivity index (χ3n) is 2.87. The van der Waals surface area contributed by atoms with E-state index in [-0.39, 0.29) is 0 Å². The van der Waals surface area contributed by atoms with Crippen molar-refractivity contribution in [2.24, 2.45) is 0 Å². The minimum Gasteiger partial charge on any atom is -0.368 e. The molecule has 0 saturated carbocycles. The maximum absolute atomic E-state index is 4.47. The molecule has 0 bridgehead atoms. The molecule has 2 aromatic heterocycles. The number of nitrogens with zero attached hydrogens (tertiary/aromatic N) is 3. The number of aromatic nitrogens is 4. The molecule has 7 heteroatoms. The summed E-state index contributed by atoms with van der Waals surface area (Å²) in [4.78, 5) is 16.1. The molecule has 0 saturated heterocycles. The second kappa shape index (κ2) is 6.60. The summed E-state index contributed by atoms with van der Waals surface area (Å²) >= 11 is 1.87. The lowest BCUT2D eigenvalue weighted by atomic mass is 10.3. The van der Waals surface area contributed by atoms with Crippen LogP contribution in [-0.4, -0.2) is 44.5 Å². The molecule has 0 fully saturated rings. The second-order valence-corrected chi connectivity index (χ2v) is 5.57. The SMILES string of the molecule is CCNc1nc(NCCC(C)SC)c2[nH]cnc2n1. The van der Waals surface area contributed by atoms with Gasteiger partial charge in [0.2, 0.25) is 5.95 Å². The van der Waals surface area contributed by atoms with Gasteiger partial charge in [0.1, 0.15) is 5.52 Å². The van der Waals surface area contributed by atoms with Crippen molar-refractivity contribution < 1.29 is 0 Å². The van der Waals surface area contributed by atoms with Crippen LogP contribution in [0.1, 0.15) is 20.3 Å². The van der Waals surface area contributed by atoms with E-state index in [4.69, 9.17) is 0 Å². The first-order valence-corrected chi connectivity index (χ1v) is 7.75. The number of fused-ring (bicyclic) bond motifs is 1. The Hall–Kier alpha value is -1.50. The first kappa shape index (κ1) is 13.9. The minimum absolute atomic E-state index is 0.613. The van der Waals surface area contributed by atoms with Gasteiger partial charge in [-0.2, -0.15) is 21.7 Å². The molecule has 0 spiro atoms. The van der Waals surface area contributed by atoms with Crippen LogP contribution < -0.4 is 10.6 Å². The normalized spacial score (nSPS) is 12.6. The van der Waals surface area contributed by atoms with Crippen molar-refractivity contribution >= 4 is 34.7 Å². The largest absolute Gasteiger partial charge is 0.368 e. The number of imidazole rings is 1. The lowest BCUT2D eigenvalue weighted by molar-refractivity contribution is 0.850. The Morgan fingerprint density at radius 1 is 1.37 bits per heavy atom. The number of anilines is 2. The number of hydrogen-bond donors (Lipinski definition) is 3. The smallest absolute Gasteiger partial charge is 0.226 e. The molecular weight excluding hydrogens is 260 g/mol. The highest BCUT2D eigenvalue weighted by Gasteiger charge is 2.09. The van der Waals surface area contributed by atoms with Crippen molar-refractivity contribution in [2.45, 2.75) is 25.5 Å². The summed E-state index contributed by atoms with van der Waals surface area (Å²) in [6.45, 7) is 5.92. The first-order valence-electron chi connectivity index (χ1n) is 6.46. The Balaban J connectivity index is 2.13. The van der Waals surface area contributed by atoms with Gasteiger partial charge in [0.05, 0.1) is 6.33 Å². The molecule has 2 rings (SSSR count). The molecule has 2 aromatic rings. The molecule has 104 valence electrons. The summed E-state index contributed by atoms with van der Waals surface area (Å²) in [6, 6.07) is 0. The fourth-order valence-electron chi connectivity index (χ4n) is 1.71. The fourth-order valence-corrected chi connectivity index (χ4v) is 2.06. The van der Waals surface area contributed by atoms with Gasteiger partial charge in [0.15, 0.2) is 11.5 Å². The van der Waals surface area contributed by atoms with Gasteiger partial charge in [-0.3, -0.25) is 0 Å². The molecule has 0 aliphatic carbocycles. The van der Waals surface area contributed by atoms with Gasteiger partial charge in [-0.25, -0.2) is 4.98 Å². The quantitative estimate of drug-likeness (QED) is 0.722. The van der Waals surface area contributed by atoms with Gasteiger partial charge in [0, 0.05) is 18.3 Å². The summed E-state index contributed by atoms with van der Waals surface area (Å²) in [6.07, 6.45) is 4.87. The topological polar surface area (TPSA) is 78.5 Å². The van der Waals surface area contributed by atoms with Crippen LogP contribution in [0.15, 0.2) is 6.33 Å². The van der Waals surface area contributed by atoms with Crippen molar-refractivity contribution in [2.75, 3.05) is 30.0 Å². The molecule has 0 radical (unpaired) electrons. The van der Waals surface area contributed by atoms with Gasteiger partial charge in [-0.15, -0.1) is 0 Å². The molecule has 0 aromatic carbocycles.